The second-order valence-electron chi connectivity index (χ2n) is 11.3. The Labute approximate surface area is 268 Å². The first-order chi connectivity index (χ1) is 20.9. The van der Waals surface area contributed by atoms with Gasteiger partial charge >= 0.3 is 5.97 Å². The fourth-order valence-corrected chi connectivity index (χ4v) is 6.70. The topological polar surface area (TPSA) is 104 Å². The Kier molecular flexibility index (Phi) is 11.4. The third-order valence-electron chi connectivity index (χ3n) is 7.87. The summed E-state index contributed by atoms with van der Waals surface area (Å²) in [7, 11) is -3.15. The molecule has 1 amide bonds. The highest BCUT2D eigenvalue weighted by Gasteiger charge is 2.48. The molecule has 0 bridgehead atoms. The number of hydrogen-bond donors (Lipinski definition) is 2. The Morgan fingerprint density at radius 1 is 1.00 bits per heavy atom. The van der Waals surface area contributed by atoms with Crippen molar-refractivity contribution in [2.75, 3.05) is 6.54 Å². The molecule has 1 heterocycles. The van der Waals surface area contributed by atoms with Gasteiger partial charge in [0, 0.05) is 28.7 Å². The molecule has 0 aromatic heterocycles. The summed E-state index contributed by atoms with van der Waals surface area (Å²) in [5.74, 6) is -2.52. The average Bonchev–Trinajstić information content (AvgIpc) is 2.96. The summed E-state index contributed by atoms with van der Waals surface area (Å²) < 4.78 is 47.4. The minimum absolute atomic E-state index is 0.107. The van der Waals surface area contributed by atoms with E-state index in [4.69, 9.17) is 27.9 Å². The Morgan fingerprint density at radius 3 is 2.27 bits per heavy atom. The van der Waals surface area contributed by atoms with Crippen LogP contribution in [0.2, 0.25) is 10.0 Å². The van der Waals surface area contributed by atoms with Crippen LogP contribution in [0.25, 0.3) is 0 Å². The van der Waals surface area contributed by atoms with E-state index in [9.17, 15) is 27.5 Å². The maximum absolute atomic E-state index is 14.5. The van der Waals surface area contributed by atoms with Crippen molar-refractivity contribution in [2.45, 2.75) is 63.9 Å². The predicted molar refractivity (Wildman–Crippen MR) is 168 cm³/mol. The zero-order valence-corrected chi connectivity index (χ0v) is 26.9. The van der Waals surface area contributed by atoms with Gasteiger partial charge in [0.1, 0.15) is 18.0 Å². The van der Waals surface area contributed by atoms with Gasteiger partial charge in [-0.05, 0) is 66.3 Å². The van der Waals surface area contributed by atoms with Crippen molar-refractivity contribution in [3.63, 3.8) is 0 Å². The first-order valence-electron chi connectivity index (χ1n) is 14.2. The highest BCUT2D eigenvalue weighted by molar-refractivity contribution is 7.69. The number of ether oxygens (including phenoxy) is 1. The van der Waals surface area contributed by atoms with Crippen LogP contribution in [0.3, 0.4) is 0 Å². The van der Waals surface area contributed by atoms with Gasteiger partial charge < -0.3 is 14.7 Å². The Bertz CT molecular complexity index is 1550. The van der Waals surface area contributed by atoms with E-state index in [1.807, 2.05) is 13.8 Å². The summed E-state index contributed by atoms with van der Waals surface area (Å²) in [6.07, 6.45) is -2.66. The number of morpholine rings is 1. The molecule has 1 N–H and O–H groups in total. The van der Waals surface area contributed by atoms with Crippen LogP contribution in [0, 0.1) is 11.7 Å². The number of halogens is 3. The smallest absolute Gasteiger partial charge is 0.306 e. The van der Waals surface area contributed by atoms with Crippen LogP contribution in [0.5, 0.6) is 0 Å². The largest absolute Gasteiger partial charge is 0.481 e. The lowest BCUT2D eigenvalue weighted by Gasteiger charge is -2.50. The van der Waals surface area contributed by atoms with Crippen molar-refractivity contribution in [1.29, 1.82) is 0 Å². The van der Waals surface area contributed by atoms with E-state index in [0.717, 1.165) is 0 Å². The Balaban J connectivity index is 1.83. The molecule has 1 unspecified atom stereocenters. The van der Waals surface area contributed by atoms with Gasteiger partial charge in [-0.3, -0.25) is 9.59 Å². The third kappa shape index (κ3) is 7.97. The van der Waals surface area contributed by atoms with Crippen LogP contribution >= 0.6 is 23.2 Å². The second kappa shape index (κ2) is 14.8. The van der Waals surface area contributed by atoms with Crippen molar-refractivity contribution in [3.8, 4) is 0 Å². The average molecular weight is 666 g/mol. The molecule has 0 spiro atoms. The minimum atomic E-state index is -3.15. The van der Waals surface area contributed by atoms with Crippen molar-refractivity contribution >= 4 is 46.0 Å². The van der Waals surface area contributed by atoms with Gasteiger partial charge in [0.25, 0.3) is 5.91 Å². The number of aliphatic carboxylic acids is 1. The summed E-state index contributed by atoms with van der Waals surface area (Å²) in [6.45, 7) is 5.31. The summed E-state index contributed by atoms with van der Waals surface area (Å²) >= 11 is 12.5. The molecule has 236 valence electrons. The van der Waals surface area contributed by atoms with Crippen LogP contribution in [0.1, 0.15) is 56.0 Å². The standard InChI is InChI=1S/C32H35Cl2FN2O6S/c1-19(2)27(18-36(44(41)42)20(3)15-22-7-4-5-10-26(22)35)37-30(21-11-13-24(33)14-12-21)31(23-8-6-9-25(34)16-23)43-28(32(37)40)17-29(38)39/h4-14,16,19-20,27-28,30-31,44H,15,17-18H2,1-3H3,(H,38,39)/t20?,27-,28+,30-,31-/m1/s1. The predicted octanol–water partition coefficient (Wildman–Crippen LogP) is 6.10. The first-order valence-corrected chi connectivity index (χ1v) is 16.1. The monoisotopic (exact) mass is 664 g/mol. The van der Waals surface area contributed by atoms with Gasteiger partial charge in [-0.1, -0.05) is 79.5 Å². The molecule has 4 rings (SSSR count). The summed E-state index contributed by atoms with van der Waals surface area (Å²) in [5.41, 5.74) is 1.64. The number of carbonyl (C=O) groups is 2. The van der Waals surface area contributed by atoms with Gasteiger partial charge in [-0.2, -0.15) is 4.31 Å². The Morgan fingerprint density at radius 2 is 1.68 bits per heavy atom. The van der Waals surface area contributed by atoms with Gasteiger partial charge in [-0.15, -0.1) is 0 Å². The number of carbonyl (C=O) groups excluding carboxylic acids is 1. The fraction of sp³-hybridized carbons (Fsp3) is 0.375. The van der Waals surface area contributed by atoms with E-state index in [1.165, 1.54) is 10.4 Å². The van der Waals surface area contributed by atoms with E-state index in [2.05, 4.69) is 0 Å². The number of rotatable bonds is 12. The van der Waals surface area contributed by atoms with Crippen LogP contribution in [-0.4, -0.2) is 59.3 Å². The number of hydrogen-bond acceptors (Lipinski definition) is 5. The van der Waals surface area contributed by atoms with Crippen LogP contribution < -0.4 is 0 Å². The highest BCUT2D eigenvalue weighted by atomic mass is 35.5. The molecule has 1 fully saturated rings. The molecule has 0 saturated carbocycles. The number of nitrogens with zero attached hydrogens (tertiary/aromatic N) is 2. The van der Waals surface area contributed by atoms with E-state index in [1.54, 1.807) is 78.6 Å². The number of carboxylic acids is 1. The van der Waals surface area contributed by atoms with Gasteiger partial charge in [0.15, 0.2) is 0 Å². The maximum Gasteiger partial charge on any atom is 0.306 e. The third-order valence-corrected chi connectivity index (χ3v) is 9.33. The zero-order chi connectivity index (χ0) is 32.1. The number of benzene rings is 3. The Hall–Kier alpha value is -3.02. The van der Waals surface area contributed by atoms with E-state index in [0.29, 0.717) is 26.7 Å². The molecule has 3 aromatic carbocycles. The zero-order valence-electron chi connectivity index (χ0n) is 24.5. The van der Waals surface area contributed by atoms with E-state index in [-0.39, 0.29) is 18.9 Å². The molecule has 1 aliphatic rings. The number of amides is 1. The molecule has 8 nitrogen and oxygen atoms in total. The van der Waals surface area contributed by atoms with Crippen LogP contribution in [0.15, 0.2) is 72.8 Å². The lowest BCUT2D eigenvalue weighted by atomic mass is 9.87. The van der Waals surface area contributed by atoms with Crippen molar-refractivity contribution < 1.29 is 32.2 Å². The molecule has 44 heavy (non-hydrogen) atoms. The summed E-state index contributed by atoms with van der Waals surface area (Å²) in [4.78, 5) is 27.7. The fourth-order valence-electron chi connectivity index (χ4n) is 5.67. The molecule has 12 heteroatoms. The second-order valence-corrected chi connectivity index (χ2v) is 13.1. The minimum Gasteiger partial charge on any atom is -0.481 e. The van der Waals surface area contributed by atoms with Gasteiger partial charge in [0.2, 0.25) is 10.9 Å². The molecule has 1 saturated heterocycles. The molecule has 5 atom stereocenters. The van der Waals surface area contributed by atoms with E-state index >= 15 is 0 Å². The molecule has 1 aliphatic heterocycles. The van der Waals surface area contributed by atoms with Crippen LogP contribution in [0.4, 0.5) is 4.39 Å². The molecule has 0 aliphatic carbocycles. The number of thiol groups is 1. The van der Waals surface area contributed by atoms with E-state index < -0.39 is 65.3 Å². The van der Waals surface area contributed by atoms with Crippen molar-refractivity contribution in [1.82, 2.24) is 9.21 Å². The summed E-state index contributed by atoms with van der Waals surface area (Å²) in [5, 5.41) is 10.6. The van der Waals surface area contributed by atoms with Crippen LogP contribution in [-0.2, 0) is 31.6 Å². The van der Waals surface area contributed by atoms with Crippen molar-refractivity contribution in [3.05, 3.63) is 105 Å². The first kappa shape index (κ1) is 33.9. The number of carboxylic acid groups (broad SMARTS) is 1. The maximum atomic E-state index is 14.5. The normalized spacial score (nSPS) is 20.3. The molecule has 3 aromatic rings. The lowest BCUT2D eigenvalue weighted by molar-refractivity contribution is -0.185. The highest BCUT2D eigenvalue weighted by Crippen LogP contribution is 2.45. The van der Waals surface area contributed by atoms with Gasteiger partial charge in [-0.25, -0.2) is 12.8 Å². The quantitative estimate of drug-likeness (QED) is 0.227. The molecular formula is C32H35Cl2FN2O6S. The lowest BCUT2D eigenvalue weighted by Crippen LogP contribution is -2.59. The molecular weight excluding hydrogens is 630 g/mol. The summed E-state index contributed by atoms with van der Waals surface area (Å²) in [6, 6.07) is 17.8. The van der Waals surface area contributed by atoms with Crippen molar-refractivity contribution in [2.24, 2.45) is 5.92 Å². The SMILES string of the molecule is CC(C)[C@@H](CN(C(C)Cc1ccccc1F)[SH](=O)=O)N1C(=O)[C@H](CC(=O)O)O[C@H](c2cccc(Cl)c2)[C@H]1c1ccc(Cl)cc1. The molecule has 0 radical (unpaired) electrons. The van der Waals surface area contributed by atoms with Gasteiger partial charge in [0.05, 0.1) is 12.5 Å².